The normalized spacial score (nSPS) is 12.9. The van der Waals surface area contributed by atoms with Gasteiger partial charge in [0.05, 0.1) is 20.3 Å². The molecule has 6 heteroatoms. The summed E-state index contributed by atoms with van der Waals surface area (Å²) in [5.74, 6) is 0.283. The van der Waals surface area contributed by atoms with Crippen molar-refractivity contribution in [2.24, 2.45) is 0 Å². The predicted molar refractivity (Wildman–Crippen MR) is 113 cm³/mol. The van der Waals surface area contributed by atoms with Gasteiger partial charge in [0.25, 0.3) is 6.47 Å². The van der Waals surface area contributed by atoms with Crippen molar-refractivity contribution in [1.29, 1.82) is 0 Å². The number of ether oxygens (including phenoxy) is 4. The summed E-state index contributed by atoms with van der Waals surface area (Å²) in [5.41, 5.74) is 2.05. The molecule has 0 aliphatic rings. The molecule has 0 amide bonds. The molecular weight excluding hydrogens is 384 g/mol. The maximum atomic E-state index is 11.8. The Kier molecular flexibility index (Phi) is 10.2. The summed E-state index contributed by atoms with van der Waals surface area (Å²) in [4.78, 5) is 22.9. The third-order valence-corrected chi connectivity index (χ3v) is 4.47. The van der Waals surface area contributed by atoms with Gasteiger partial charge in [0.15, 0.2) is 0 Å². The van der Waals surface area contributed by atoms with Crippen LogP contribution < -0.4 is 4.74 Å². The highest BCUT2D eigenvalue weighted by Crippen LogP contribution is 2.17. The van der Waals surface area contributed by atoms with Crippen LogP contribution >= 0.6 is 0 Å². The Morgan fingerprint density at radius 3 is 2.40 bits per heavy atom. The minimum atomic E-state index is -0.606. The molecule has 0 aliphatic heterocycles. The monoisotopic (exact) mass is 412 g/mol. The molecule has 30 heavy (non-hydrogen) atoms. The first-order valence-corrected chi connectivity index (χ1v) is 9.88. The molecule has 0 fully saturated rings. The third-order valence-electron chi connectivity index (χ3n) is 4.47. The van der Waals surface area contributed by atoms with E-state index in [-0.39, 0.29) is 13.2 Å². The largest absolute Gasteiger partial charge is 0.497 e. The molecule has 0 aliphatic carbocycles. The summed E-state index contributed by atoms with van der Waals surface area (Å²) >= 11 is 0. The van der Waals surface area contributed by atoms with E-state index < -0.39 is 18.2 Å². The van der Waals surface area contributed by atoms with Crippen LogP contribution in [0.2, 0.25) is 0 Å². The first kappa shape index (κ1) is 23.2. The lowest BCUT2D eigenvalue weighted by Gasteiger charge is -2.24. The SMILES string of the molecule is CCOC(=O)/C=C\[C@@H](OCc1ccc(OC)cc1)[C@@H](CCc1ccccc1)OC=O. The molecule has 160 valence electrons. The number of carbonyl (C=O) groups excluding carboxylic acids is 2. The van der Waals surface area contributed by atoms with E-state index >= 15 is 0 Å². The number of rotatable bonds is 13. The average molecular weight is 412 g/mol. The fourth-order valence-corrected chi connectivity index (χ4v) is 2.90. The van der Waals surface area contributed by atoms with Gasteiger partial charge in [-0.15, -0.1) is 0 Å². The van der Waals surface area contributed by atoms with Gasteiger partial charge < -0.3 is 18.9 Å². The van der Waals surface area contributed by atoms with Crippen LogP contribution in [0.15, 0.2) is 66.7 Å². The lowest BCUT2D eigenvalue weighted by atomic mass is 10.0. The summed E-state index contributed by atoms with van der Waals surface area (Å²) in [6.07, 6.45) is 2.99. The zero-order valence-corrected chi connectivity index (χ0v) is 17.4. The highest BCUT2D eigenvalue weighted by atomic mass is 16.6. The van der Waals surface area contributed by atoms with Crippen LogP contribution in [-0.2, 0) is 36.8 Å². The second-order valence-electron chi connectivity index (χ2n) is 6.53. The molecule has 0 spiro atoms. The molecule has 2 aromatic carbocycles. The molecule has 0 saturated heterocycles. The van der Waals surface area contributed by atoms with E-state index in [1.54, 1.807) is 20.1 Å². The van der Waals surface area contributed by atoms with Gasteiger partial charge in [0, 0.05) is 6.08 Å². The van der Waals surface area contributed by atoms with Crippen molar-refractivity contribution < 1.29 is 28.5 Å². The molecule has 0 bridgehead atoms. The zero-order valence-electron chi connectivity index (χ0n) is 17.4. The maximum Gasteiger partial charge on any atom is 0.330 e. The van der Waals surface area contributed by atoms with E-state index in [1.807, 2.05) is 54.6 Å². The van der Waals surface area contributed by atoms with Gasteiger partial charge in [-0.25, -0.2) is 4.79 Å². The second-order valence-corrected chi connectivity index (χ2v) is 6.53. The van der Waals surface area contributed by atoms with E-state index in [4.69, 9.17) is 18.9 Å². The molecule has 0 N–H and O–H groups in total. The van der Waals surface area contributed by atoms with Crippen molar-refractivity contribution in [3.63, 3.8) is 0 Å². The van der Waals surface area contributed by atoms with Gasteiger partial charge in [-0.3, -0.25) is 4.79 Å². The summed E-state index contributed by atoms with van der Waals surface area (Å²) in [6, 6.07) is 17.4. The smallest absolute Gasteiger partial charge is 0.330 e. The molecule has 0 radical (unpaired) electrons. The van der Waals surface area contributed by atoms with Crippen LogP contribution in [-0.4, -0.2) is 38.4 Å². The van der Waals surface area contributed by atoms with Crippen molar-refractivity contribution in [2.75, 3.05) is 13.7 Å². The van der Waals surface area contributed by atoms with E-state index in [1.165, 1.54) is 6.08 Å². The van der Waals surface area contributed by atoms with Crippen molar-refractivity contribution in [2.45, 2.75) is 38.6 Å². The van der Waals surface area contributed by atoms with Crippen LogP contribution in [0, 0.1) is 0 Å². The molecular formula is C24H28O6. The van der Waals surface area contributed by atoms with Crippen molar-refractivity contribution in [3.05, 3.63) is 77.9 Å². The molecule has 0 unspecified atom stereocenters. The first-order chi connectivity index (χ1) is 14.7. The maximum absolute atomic E-state index is 11.8. The lowest BCUT2D eigenvalue weighted by Crippen LogP contribution is -2.31. The lowest BCUT2D eigenvalue weighted by molar-refractivity contribution is -0.140. The molecule has 0 heterocycles. The summed E-state index contributed by atoms with van der Waals surface area (Å²) in [6.45, 7) is 2.72. The van der Waals surface area contributed by atoms with Gasteiger partial charge in [-0.2, -0.15) is 0 Å². The Morgan fingerprint density at radius 1 is 1.03 bits per heavy atom. The predicted octanol–water partition coefficient (Wildman–Crippen LogP) is 3.87. The highest BCUT2D eigenvalue weighted by molar-refractivity contribution is 5.81. The van der Waals surface area contributed by atoms with Crippen molar-refractivity contribution in [1.82, 2.24) is 0 Å². The standard InChI is InChI=1S/C24H28O6/c1-3-28-24(26)16-15-22(29-17-20-9-12-21(27-2)13-10-20)23(30-18-25)14-11-19-7-5-4-6-8-19/h4-10,12-13,15-16,18,22-23H,3,11,14,17H2,1-2H3/b16-15-/t22-,23-/m1/s1. The van der Waals surface area contributed by atoms with E-state index in [0.717, 1.165) is 16.9 Å². The van der Waals surface area contributed by atoms with E-state index in [2.05, 4.69) is 0 Å². The Balaban J connectivity index is 2.10. The van der Waals surface area contributed by atoms with Gasteiger partial charge in [-0.05, 0) is 49.1 Å². The van der Waals surface area contributed by atoms with Gasteiger partial charge in [0.2, 0.25) is 0 Å². The number of carbonyl (C=O) groups is 2. The summed E-state index contributed by atoms with van der Waals surface area (Å²) in [7, 11) is 1.61. The number of methoxy groups -OCH3 is 1. The molecule has 2 atom stereocenters. The summed E-state index contributed by atoms with van der Waals surface area (Å²) in [5, 5.41) is 0. The topological polar surface area (TPSA) is 71.1 Å². The average Bonchev–Trinajstić information content (AvgIpc) is 2.78. The van der Waals surface area contributed by atoms with Gasteiger partial charge in [-0.1, -0.05) is 42.5 Å². The molecule has 0 aromatic heterocycles. The molecule has 6 nitrogen and oxygen atoms in total. The minimum Gasteiger partial charge on any atom is -0.497 e. The van der Waals surface area contributed by atoms with Gasteiger partial charge >= 0.3 is 5.97 Å². The molecule has 2 rings (SSSR count). The number of hydrogen-bond donors (Lipinski definition) is 0. The second kappa shape index (κ2) is 13.2. The fraction of sp³-hybridized carbons (Fsp3) is 0.333. The van der Waals surface area contributed by atoms with Crippen molar-refractivity contribution in [3.8, 4) is 5.75 Å². The van der Waals surface area contributed by atoms with Gasteiger partial charge in [0.1, 0.15) is 18.0 Å². The quantitative estimate of drug-likeness (QED) is 0.283. The van der Waals surface area contributed by atoms with E-state index in [9.17, 15) is 9.59 Å². The van der Waals surface area contributed by atoms with Crippen LogP contribution in [0.3, 0.4) is 0 Å². The fourth-order valence-electron chi connectivity index (χ4n) is 2.90. The minimum absolute atomic E-state index is 0.281. The Hall–Kier alpha value is -3.12. The number of aryl methyl sites for hydroxylation is 1. The Labute approximate surface area is 177 Å². The highest BCUT2D eigenvalue weighted by Gasteiger charge is 2.22. The Bertz CT molecular complexity index is 785. The Morgan fingerprint density at radius 2 is 1.77 bits per heavy atom. The van der Waals surface area contributed by atoms with E-state index in [0.29, 0.717) is 19.3 Å². The third kappa shape index (κ3) is 8.09. The van der Waals surface area contributed by atoms with Crippen LogP contribution in [0.1, 0.15) is 24.5 Å². The molecule has 2 aromatic rings. The number of esters is 1. The number of hydrogen-bond acceptors (Lipinski definition) is 6. The summed E-state index contributed by atoms with van der Waals surface area (Å²) < 4.78 is 21.4. The van der Waals surface area contributed by atoms with Crippen LogP contribution in [0.25, 0.3) is 0 Å². The van der Waals surface area contributed by atoms with Crippen LogP contribution in [0.5, 0.6) is 5.75 Å². The van der Waals surface area contributed by atoms with Crippen molar-refractivity contribution >= 4 is 12.4 Å². The number of benzene rings is 2. The zero-order chi connectivity index (χ0) is 21.6. The molecule has 0 saturated carbocycles. The van der Waals surface area contributed by atoms with Crippen LogP contribution in [0.4, 0.5) is 0 Å². The first-order valence-electron chi connectivity index (χ1n) is 9.88.